The van der Waals surface area contributed by atoms with Crippen molar-refractivity contribution in [1.29, 1.82) is 0 Å². The van der Waals surface area contributed by atoms with Crippen molar-refractivity contribution in [1.82, 2.24) is 4.90 Å². The second-order valence-corrected chi connectivity index (χ2v) is 8.09. The van der Waals surface area contributed by atoms with Gasteiger partial charge in [0.25, 0.3) is 0 Å². The third kappa shape index (κ3) is 2.63. The Hall–Kier alpha value is -2.71. The summed E-state index contributed by atoms with van der Waals surface area (Å²) in [6.45, 7) is 1.80. The Kier molecular flexibility index (Phi) is 4.37. The fourth-order valence-corrected chi connectivity index (χ4v) is 5.40. The van der Waals surface area contributed by atoms with Crippen molar-refractivity contribution in [3.8, 4) is 0 Å². The van der Waals surface area contributed by atoms with E-state index in [9.17, 15) is 4.79 Å². The van der Waals surface area contributed by atoms with Crippen molar-refractivity contribution < 1.29 is 4.79 Å². The second kappa shape index (κ2) is 7.03. The van der Waals surface area contributed by atoms with Crippen LogP contribution in [0, 0.1) is 11.8 Å². The summed E-state index contributed by atoms with van der Waals surface area (Å²) in [6, 6.07) is 32.4. The topological polar surface area (TPSA) is 20.3 Å². The molecule has 2 heteroatoms. The highest BCUT2D eigenvalue weighted by Crippen LogP contribution is 2.48. The Morgan fingerprint density at radius 2 is 1.14 bits per heavy atom. The summed E-state index contributed by atoms with van der Waals surface area (Å²) in [5, 5.41) is 0. The monoisotopic (exact) mass is 367 g/mol. The summed E-state index contributed by atoms with van der Waals surface area (Å²) in [5.41, 5.74) is 3.41. The predicted molar refractivity (Wildman–Crippen MR) is 112 cm³/mol. The van der Waals surface area contributed by atoms with Gasteiger partial charge in [-0.05, 0) is 29.0 Å². The third-order valence-corrected chi connectivity index (χ3v) is 6.67. The molecule has 0 radical (unpaired) electrons. The van der Waals surface area contributed by atoms with Crippen LogP contribution in [0.25, 0.3) is 0 Å². The first kappa shape index (κ1) is 17.4. The van der Waals surface area contributed by atoms with Crippen molar-refractivity contribution in [3.05, 3.63) is 108 Å². The summed E-state index contributed by atoms with van der Waals surface area (Å²) in [5.74, 6) is 1.13. The average molecular weight is 367 g/mol. The van der Waals surface area contributed by atoms with Gasteiger partial charge in [0.2, 0.25) is 0 Å². The molecule has 2 atom stereocenters. The van der Waals surface area contributed by atoms with E-state index in [1.807, 2.05) is 0 Å². The molecule has 2 nitrogen and oxygen atoms in total. The van der Waals surface area contributed by atoms with Crippen LogP contribution in [0.1, 0.15) is 29.5 Å². The molecule has 2 fully saturated rings. The lowest BCUT2D eigenvalue weighted by Crippen LogP contribution is -2.47. The summed E-state index contributed by atoms with van der Waals surface area (Å²) >= 11 is 0. The first-order chi connectivity index (χ1) is 13.8. The highest BCUT2D eigenvalue weighted by Gasteiger charge is 2.50. The van der Waals surface area contributed by atoms with Crippen LogP contribution < -0.4 is 0 Å². The minimum Gasteiger partial charge on any atom is -0.299 e. The van der Waals surface area contributed by atoms with Crippen molar-refractivity contribution in [3.63, 3.8) is 0 Å². The van der Waals surface area contributed by atoms with Crippen LogP contribution in [-0.2, 0) is 10.3 Å². The normalized spacial score (nSPS) is 22.4. The summed E-state index contributed by atoms with van der Waals surface area (Å²) < 4.78 is 0. The molecule has 3 aromatic carbocycles. The van der Waals surface area contributed by atoms with Gasteiger partial charge in [-0.25, -0.2) is 0 Å². The molecule has 140 valence electrons. The molecular weight excluding hydrogens is 342 g/mol. The van der Waals surface area contributed by atoms with Crippen molar-refractivity contribution in [2.24, 2.45) is 11.8 Å². The zero-order chi connectivity index (χ0) is 19.0. The van der Waals surface area contributed by atoms with E-state index in [4.69, 9.17) is 0 Å². The Morgan fingerprint density at radius 1 is 0.679 bits per heavy atom. The van der Waals surface area contributed by atoms with Gasteiger partial charge in [-0.3, -0.25) is 9.69 Å². The third-order valence-electron chi connectivity index (χ3n) is 6.67. The predicted octanol–water partition coefficient (Wildman–Crippen LogP) is 4.89. The average Bonchev–Trinajstić information content (AvgIpc) is 3.33. The molecule has 0 spiro atoms. The number of carbonyl (C=O) groups excluding carboxylic acids is 1. The molecule has 0 amide bonds. The summed E-state index contributed by atoms with van der Waals surface area (Å²) in [6.07, 6.45) is 1.80. The van der Waals surface area contributed by atoms with Gasteiger partial charge < -0.3 is 0 Å². The molecular formula is C26H25NO. The van der Waals surface area contributed by atoms with Gasteiger partial charge >= 0.3 is 0 Å². The van der Waals surface area contributed by atoms with Crippen LogP contribution >= 0.6 is 0 Å². The Balaban J connectivity index is 1.75. The summed E-state index contributed by atoms with van der Waals surface area (Å²) in [7, 11) is 0. The zero-order valence-electron chi connectivity index (χ0n) is 16.0. The fraction of sp³-hybridized carbons (Fsp3) is 0.269. The number of Topliss-reactive ketones (excluding diaryl/α,β-unsaturated/α-hetero) is 1. The molecule has 1 saturated heterocycles. The van der Waals surface area contributed by atoms with Crippen molar-refractivity contribution in [2.45, 2.75) is 18.4 Å². The van der Waals surface area contributed by atoms with E-state index in [0.717, 1.165) is 25.9 Å². The number of rotatable bonds is 4. The number of benzene rings is 3. The second-order valence-electron chi connectivity index (χ2n) is 8.09. The van der Waals surface area contributed by atoms with E-state index >= 15 is 0 Å². The van der Waals surface area contributed by atoms with Gasteiger partial charge in [0, 0.05) is 25.4 Å². The van der Waals surface area contributed by atoms with Crippen molar-refractivity contribution >= 4 is 5.78 Å². The maximum absolute atomic E-state index is 12.5. The van der Waals surface area contributed by atoms with E-state index in [1.54, 1.807) is 0 Å². The highest BCUT2D eigenvalue weighted by atomic mass is 16.1. The van der Waals surface area contributed by atoms with E-state index in [2.05, 4.69) is 95.9 Å². The molecule has 1 heterocycles. The first-order valence-corrected chi connectivity index (χ1v) is 10.2. The number of nitrogens with zero attached hydrogens (tertiary/aromatic N) is 1. The quantitative estimate of drug-likeness (QED) is 0.612. The fourth-order valence-electron chi connectivity index (χ4n) is 5.40. The Labute approximate surface area is 166 Å². The lowest BCUT2D eigenvalue weighted by atomic mass is 9.75. The number of ketones is 1. The molecule has 0 bridgehead atoms. The zero-order valence-corrected chi connectivity index (χ0v) is 16.0. The maximum atomic E-state index is 12.5. The van der Waals surface area contributed by atoms with E-state index in [0.29, 0.717) is 11.7 Å². The number of hydrogen-bond acceptors (Lipinski definition) is 2. The van der Waals surface area contributed by atoms with E-state index in [-0.39, 0.29) is 11.5 Å². The minimum absolute atomic E-state index is 0.190. The van der Waals surface area contributed by atoms with Gasteiger partial charge in [0.05, 0.1) is 5.54 Å². The maximum Gasteiger partial charge on any atom is 0.137 e. The smallest absolute Gasteiger partial charge is 0.137 e. The van der Waals surface area contributed by atoms with Gasteiger partial charge in [-0.15, -0.1) is 0 Å². The molecule has 3 aromatic rings. The van der Waals surface area contributed by atoms with Crippen LogP contribution in [0.15, 0.2) is 91.0 Å². The number of hydrogen-bond donors (Lipinski definition) is 0. The molecule has 0 N–H and O–H groups in total. The lowest BCUT2D eigenvalue weighted by Gasteiger charge is -2.44. The molecule has 1 aliphatic carbocycles. The Morgan fingerprint density at radius 3 is 1.57 bits per heavy atom. The Bertz CT molecular complexity index is 855. The number of fused-ring (bicyclic) bond motifs is 1. The number of likely N-dealkylation sites (tertiary alicyclic amines) is 1. The van der Waals surface area contributed by atoms with Crippen LogP contribution in [0.2, 0.25) is 0 Å². The SMILES string of the molecule is O=C1CC[C@H]2CN(C(c3ccccc3)(c3ccccc3)c3ccccc3)C[C@H]12. The molecule has 1 aliphatic heterocycles. The largest absolute Gasteiger partial charge is 0.299 e. The highest BCUT2D eigenvalue weighted by molar-refractivity contribution is 5.84. The van der Waals surface area contributed by atoms with Crippen LogP contribution in [-0.4, -0.2) is 23.8 Å². The van der Waals surface area contributed by atoms with Gasteiger partial charge in [-0.2, -0.15) is 0 Å². The molecule has 1 saturated carbocycles. The number of carbonyl (C=O) groups is 1. The minimum atomic E-state index is -0.381. The molecule has 0 unspecified atom stereocenters. The first-order valence-electron chi connectivity index (χ1n) is 10.2. The van der Waals surface area contributed by atoms with Crippen LogP contribution in [0.4, 0.5) is 0 Å². The van der Waals surface area contributed by atoms with Gasteiger partial charge in [0.1, 0.15) is 5.78 Å². The molecule has 2 aliphatic rings. The van der Waals surface area contributed by atoms with E-state index in [1.165, 1.54) is 16.7 Å². The molecule has 5 rings (SSSR count). The standard InChI is InChI=1S/C26H25NO/c28-25-17-16-20-18-27(19-24(20)25)26(21-10-4-1-5-11-21,22-12-6-2-7-13-22)23-14-8-3-9-15-23/h1-15,20,24H,16-19H2/t20-,24-/m0/s1. The summed E-state index contributed by atoms with van der Waals surface area (Å²) in [4.78, 5) is 15.1. The molecule has 0 aromatic heterocycles. The van der Waals surface area contributed by atoms with Crippen LogP contribution in [0.3, 0.4) is 0 Å². The van der Waals surface area contributed by atoms with Crippen molar-refractivity contribution in [2.75, 3.05) is 13.1 Å². The van der Waals surface area contributed by atoms with Gasteiger partial charge in [-0.1, -0.05) is 91.0 Å². The lowest BCUT2D eigenvalue weighted by molar-refractivity contribution is -0.120. The molecule has 28 heavy (non-hydrogen) atoms. The van der Waals surface area contributed by atoms with E-state index < -0.39 is 0 Å². The van der Waals surface area contributed by atoms with Gasteiger partial charge in [0.15, 0.2) is 0 Å². The van der Waals surface area contributed by atoms with Crippen LogP contribution in [0.5, 0.6) is 0 Å².